The monoisotopic (exact) mass is 260 g/mol. The summed E-state index contributed by atoms with van der Waals surface area (Å²) in [5.41, 5.74) is 0.207. The Balaban J connectivity index is 2.51. The minimum atomic E-state index is -0.450. The van der Waals surface area contributed by atoms with E-state index in [4.69, 9.17) is 5.26 Å². The number of hydrogen-bond donors (Lipinski definition) is 2. The molecule has 0 fully saturated rings. The van der Waals surface area contributed by atoms with Crippen LogP contribution in [0.5, 0.6) is 0 Å². The first-order valence-electron chi connectivity index (χ1n) is 5.77. The Morgan fingerprint density at radius 3 is 2.53 bits per heavy atom. The van der Waals surface area contributed by atoms with E-state index in [0.29, 0.717) is 5.56 Å². The van der Waals surface area contributed by atoms with Crippen LogP contribution in [0.4, 0.5) is 0 Å². The van der Waals surface area contributed by atoms with Crippen molar-refractivity contribution in [1.29, 1.82) is 5.26 Å². The number of pyridine rings is 1. The van der Waals surface area contributed by atoms with E-state index in [9.17, 15) is 9.59 Å². The SMILES string of the molecule is CC(C)(C)NC(=O)CNC(=O)c1ccc(C#N)cn1. The van der Waals surface area contributed by atoms with Crippen LogP contribution in [-0.2, 0) is 4.79 Å². The fourth-order valence-electron chi connectivity index (χ4n) is 1.31. The molecule has 0 spiro atoms. The van der Waals surface area contributed by atoms with Crippen molar-refractivity contribution in [1.82, 2.24) is 15.6 Å². The summed E-state index contributed by atoms with van der Waals surface area (Å²) in [5.74, 6) is -0.719. The number of nitrogens with zero attached hydrogens (tertiary/aromatic N) is 2. The number of hydrogen-bond acceptors (Lipinski definition) is 4. The second kappa shape index (κ2) is 5.96. The molecule has 0 aliphatic heterocycles. The zero-order valence-electron chi connectivity index (χ0n) is 11.2. The molecule has 19 heavy (non-hydrogen) atoms. The van der Waals surface area contributed by atoms with Crippen molar-refractivity contribution in [2.75, 3.05) is 6.54 Å². The van der Waals surface area contributed by atoms with Gasteiger partial charge in [0.05, 0.1) is 12.1 Å². The van der Waals surface area contributed by atoms with E-state index in [0.717, 1.165) is 0 Å². The number of carbonyl (C=O) groups is 2. The first-order chi connectivity index (χ1) is 8.81. The fourth-order valence-corrected chi connectivity index (χ4v) is 1.31. The van der Waals surface area contributed by atoms with Crippen molar-refractivity contribution in [3.63, 3.8) is 0 Å². The first-order valence-corrected chi connectivity index (χ1v) is 5.77. The smallest absolute Gasteiger partial charge is 0.270 e. The molecule has 0 unspecified atom stereocenters. The van der Waals surface area contributed by atoms with Crippen molar-refractivity contribution >= 4 is 11.8 Å². The summed E-state index contributed by atoms with van der Waals surface area (Å²) >= 11 is 0. The molecule has 100 valence electrons. The molecule has 6 nitrogen and oxygen atoms in total. The lowest BCUT2D eigenvalue weighted by Crippen LogP contribution is -2.45. The van der Waals surface area contributed by atoms with Crippen LogP contribution in [0.15, 0.2) is 18.3 Å². The molecular formula is C13H16N4O2. The number of nitrogens with one attached hydrogen (secondary N) is 2. The normalized spacial score (nSPS) is 10.4. The number of amides is 2. The summed E-state index contributed by atoms with van der Waals surface area (Å²) in [4.78, 5) is 27.0. The number of aromatic nitrogens is 1. The van der Waals surface area contributed by atoms with Gasteiger partial charge in [0.15, 0.2) is 0 Å². The predicted molar refractivity (Wildman–Crippen MR) is 69.2 cm³/mol. The quantitative estimate of drug-likeness (QED) is 0.831. The van der Waals surface area contributed by atoms with Gasteiger partial charge in [-0.2, -0.15) is 5.26 Å². The molecule has 1 aromatic rings. The summed E-state index contributed by atoms with van der Waals surface area (Å²) in [6.45, 7) is 5.45. The second-order valence-corrected chi connectivity index (χ2v) is 5.02. The highest BCUT2D eigenvalue weighted by atomic mass is 16.2. The maximum absolute atomic E-state index is 11.7. The largest absolute Gasteiger partial charge is 0.350 e. The predicted octanol–water partition coefficient (Wildman–Crippen LogP) is 0.598. The molecule has 0 aliphatic rings. The number of rotatable bonds is 3. The van der Waals surface area contributed by atoms with Gasteiger partial charge in [-0.25, -0.2) is 4.98 Å². The maximum atomic E-state index is 11.7. The van der Waals surface area contributed by atoms with Gasteiger partial charge in [0.2, 0.25) is 5.91 Å². The summed E-state index contributed by atoms with van der Waals surface area (Å²) < 4.78 is 0. The average molecular weight is 260 g/mol. The number of nitriles is 1. The zero-order chi connectivity index (χ0) is 14.5. The van der Waals surface area contributed by atoms with Crippen molar-refractivity contribution < 1.29 is 9.59 Å². The molecule has 1 heterocycles. The Bertz CT molecular complexity index is 509. The molecule has 0 bridgehead atoms. The summed E-state index contributed by atoms with van der Waals surface area (Å²) in [6, 6.07) is 4.85. The average Bonchev–Trinajstić information content (AvgIpc) is 2.34. The summed E-state index contributed by atoms with van der Waals surface area (Å²) in [7, 11) is 0. The lowest BCUT2D eigenvalue weighted by molar-refractivity contribution is -0.121. The van der Waals surface area contributed by atoms with Crippen molar-refractivity contribution in [3.05, 3.63) is 29.6 Å². The van der Waals surface area contributed by atoms with E-state index in [-0.39, 0.29) is 23.7 Å². The topological polar surface area (TPSA) is 94.9 Å². The molecule has 0 aliphatic carbocycles. The molecule has 0 saturated carbocycles. The molecule has 0 radical (unpaired) electrons. The fraction of sp³-hybridized carbons (Fsp3) is 0.385. The van der Waals surface area contributed by atoms with Crippen LogP contribution in [0.3, 0.4) is 0 Å². The highest BCUT2D eigenvalue weighted by molar-refractivity contribution is 5.94. The van der Waals surface area contributed by atoms with Crippen LogP contribution in [0.1, 0.15) is 36.8 Å². The van der Waals surface area contributed by atoms with Crippen molar-refractivity contribution in [2.45, 2.75) is 26.3 Å². The van der Waals surface area contributed by atoms with Gasteiger partial charge >= 0.3 is 0 Å². The lowest BCUT2D eigenvalue weighted by Gasteiger charge is -2.20. The van der Waals surface area contributed by atoms with E-state index in [1.165, 1.54) is 18.3 Å². The lowest BCUT2D eigenvalue weighted by atomic mass is 10.1. The van der Waals surface area contributed by atoms with Gasteiger partial charge in [-0.1, -0.05) is 0 Å². The van der Waals surface area contributed by atoms with E-state index >= 15 is 0 Å². The molecule has 0 aromatic carbocycles. The third kappa shape index (κ3) is 5.17. The molecular weight excluding hydrogens is 244 g/mol. The van der Waals surface area contributed by atoms with Gasteiger partial charge in [0.25, 0.3) is 5.91 Å². The van der Waals surface area contributed by atoms with Gasteiger partial charge in [-0.05, 0) is 32.9 Å². The molecule has 1 rings (SSSR count). The number of carbonyl (C=O) groups excluding carboxylic acids is 2. The molecule has 2 amide bonds. The highest BCUT2D eigenvalue weighted by Gasteiger charge is 2.15. The Kier molecular flexibility index (Phi) is 4.59. The van der Waals surface area contributed by atoms with Gasteiger partial charge in [0.1, 0.15) is 11.8 Å². The standard InChI is InChI=1S/C13H16N4O2/c1-13(2,3)17-11(18)8-16-12(19)10-5-4-9(6-14)7-15-10/h4-5,7H,8H2,1-3H3,(H,16,19)(H,17,18). The Hall–Kier alpha value is -2.42. The van der Waals surface area contributed by atoms with Gasteiger partial charge in [-0.3, -0.25) is 9.59 Å². The third-order valence-electron chi connectivity index (χ3n) is 2.05. The van der Waals surface area contributed by atoms with Crippen LogP contribution in [0.2, 0.25) is 0 Å². The van der Waals surface area contributed by atoms with Crippen LogP contribution < -0.4 is 10.6 Å². The Labute approximate surface area is 111 Å². The van der Waals surface area contributed by atoms with Crippen LogP contribution in [0.25, 0.3) is 0 Å². The molecule has 6 heteroatoms. The van der Waals surface area contributed by atoms with Crippen LogP contribution in [0, 0.1) is 11.3 Å². The second-order valence-electron chi connectivity index (χ2n) is 5.02. The molecule has 2 N–H and O–H groups in total. The first kappa shape index (κ1) is 14.6. The zero-order valence-corrected chi connectivity index (χ0v) is 11.2. The van der Waals surface area contributed by atoms with Gasteiger partial charge < -0.3 is 10.6 Å². The summed E-state index contributed by atoms with van der Waals surface area (Å²) in [5, 5.41) is 13.8. The maximum Gasteiger partial charge on any atom is 0.270 e. The molecule has 1 aromatic heterocycles. The van der Waals surface area contributed by atoms with Crippen molar-refractivity contribution in [3.8, 4) is 6.07 Å². The van der Waals surface area contributed by atoms with E-state index in [2.05, 4.69) is 15.6 Å². The van der Waals surface area contributed by atoms with E-state index in [1.54, 1.807) is 0 Å². The van der Waals surface area contributed by atoms with Crippen molar-refractivity contribution in [2.24, 2.45) is 0 Å². The van der Waals surface area contributed by atoms with E-state index in [1.807, 2.05) is 26.8 Å². The molecule has 0 saturated heterocycles. The Morgan fingerprint density at radius 2 is 2.05 bits per heavy atom. The van der Waals surface area contributed by atoms with Crippen LogP contribution in [-0.4, -0.2) is 28.9 Å². The minimum Gasteiger partial charge on any atom is -0.350 e. The molecule has 0 atom stereocenters. The highest BCUT2D eigenvalue weighted by Crippen LogP contribution is 1.99. The van der Waals surface area contributed by atoms with Gasteiger partial charge in [0, 0.05) is 11.7 Å². The third-order valence-corrected chi connectivity index (χ3v) is 2.05. The van der Waals surface area contributed by atoms with Crippen LogP contribution >= 0.6 is 0 Å². The van der Waals surface area contributed by atoms with Gasteiger partial charge in [-0.15, -0.1) is 0 Å². The summed E-state index contributed by atoms with van der Waals surface area (Å²) in [6.07, 6.45) is 1.31. The Morgan fingerprint density at radius 1 is 1.37 bits per heavy atom. The minimum absolute atomic E-state index is 0.113. The van der Waals surface area contributed by atoms with E-state index < -0.39 is 5.91 Å².